The third-order valence-corrected chi connectivity index (χ3v) is 7.51. The van der Waals surface area contributed by atoms with Crippen LogP contribution in [0.1, 0.15) is 6.42 Å². The highest BCUT2D eigenvalue weighted by Crippen LogP contribution is 2.38. The van der Waals surface area contributed by atoms with Crippen LogP contribution in [0.4, 0.5) is 21.8 Å². The third kappa shape index (κ3) is 3.57. The van der Waals surface area contributed by atoms with Crippen molar-refractivity contribution in [3.05, 3.63) is 54.5 Å². The predicted molar refractivity (Wildman–Crippen MR) is 129 cm³/mol. The molecule has 2 aliphatic rings. The summed E-state index contributed by atoms with van der Waals surface area (Å²) in [4.78, 5) is 18.8. The van der Waals surface area contributed by atoms with Crippen molar-refractivity contribution in [3.8, 4) is 16.3 Å². The van der Waals surface area contributed by atoms with E-state index in [1.807, 2.05) is 18.2 Å². The fourth-order valence-corrected chi connectivity index (χ4v) is 5.79. The van der Waals surface area contributed by atoms with Gasteiger partial charge in [0.05, 0.1) is 22.9 Å². The van der Waals surface area contributed by atoms with Crippen LogP contribution >= 0.6 is 11.3 Å². The second-order valence-electron chi connectivity index (χ2n) is 8.51. The molecule has 0 spiro atoms. The Kier molecular flexibility index (Phi) is 4.88. The van der Waals surface area contributed by atoms with E-state index < -0.39 is 0 Å². The summed E-state index contributed by atoms with van der Waals surface area (Å²) in [6.07, 6.45) is 2.96. The Morgan fingerprint density at radius 3 is 2.76 bits per heavy atom. The van der Waals surface area contributed by atoms with Crippen molar-refractivity contribution in [2.75, 3.05) is 37.5 Å². The Labute approximate surface area is 194 Å². The molecule has 0 amide bonds. The molecule has 7 nitrogen and oxygen atoms in total. The van der Waals surface area contributed by atoms with Crippen LogP contribution in [0.15, 0.2) is 48.7 Å². The number of nitrogens with zero attached hydrogens (tertiary/aromatic N) is 5. The molecule has 9 heteroatoms. The first kappa shape index (κ1) is 20.3. The number of piperazine rings is 1. The number of fused-ring (bicyclic) bond motifs is 3. The molecule has 1 N–H and O–H groups in total. The molecule has 5 heterocycles. The van der Waals surface area contributed by atoms with Crippen molar-refractivity contribution >= 4 is 39.0 Å². The smallest absolute Gasteiger partial charge is 0.137 e. The van der Waals surface area contributed by atoms with Crippen molar-refractivity contribution in [1.82, 2.24) is 19.9 Å². The zero-order valence-electron chi connectivity index (χ0n) is 18.3. The van der Waals surface area contributed by atoms with Gasteiger partial charge in [-0.3, -0.25) is 4.90 Å². The van der Waals surface area contributed by atoms with Gasteiger partial charge in [-0.25, -0.2) is 19.3 Å². The molecule has 168 valence electrons. The second-order valence-corrected chi connectivity index (χ2v) is 9.55. The van der Waals surface area contributed by atoms with Crippen molar-refractivity contribution < 1.29 is 9.13 Å². The molecule has 0 saturated carbocycles. The monoisotopic (exact) mass is 462 g/mol. The number of pyridine rings is 2. The van der Waals surface area contributed by atoms with Gasteiger partial charge in [0.25, 0.3) is 0 Å². The maximum atomic E-state index is 14.5. The van der Waals surface area contributed by atoms with Crippen molar-refractivity contribution in [1.29, 1.82) is 0 Å². The van der Waals surface area contributed by atoms with E-state index in [0.717, 1.165) is 34.9 Å². The molecular weight excluding hydrogens is 439 g/mol. The number of aromatic nitrogens is 3. The van der Waals surface area contributed by atoms with Crippen LogP contribution < -0.4 is 15.0 Å². The van der Waals surface area contributed by atoms with E-state index in [2.05, 4.69) is 38.2 Å². The maximum absolute atomic E-state index is 14.5. The SMILES string of the molecule is COc1cccc(F)c1-c1nc2cc(Nc3cccc(N4C[C@@H]5C[C@H]4CN5C)n3)ncc2s1. The Morgan fingerprint density at radius 2 is 1.97 bits per heavy atom. The highest BCUT2D eigenvalue weighted by Gasteiger charge is 2.41. The normalized spacial score (nSPS) is 20.0. The summed E-state index contributed by atoms with van der Waals surface area (Å²) in [7, 11) is 3.73. The second kappa shape index (κ2) is 7.93. The Hall–Kier alpha value is -3.30. The predicted octanol–water partition coefficient (Wildman–Crippen LogP) is 4.54. The van der Waals surface area contributed by atoms with Crippen LogP contribution in [0.3, 0.4) is 0 Å². The van der Waals surface area contributed by atoms with Gasteiger partial charge in [-0.1, -0.05) is 12.1 Å². The van der Waals surface area contributed by atoms with E-state index in [-0.39, 0.29) is 5.82 Å². The zero-order valence-corrected chi connectivity index (χ0v) is 19.1. The number of anilines is 3. The summed E-state index contributed by atoms with van der Waals surface area (Å²) in [5.74, 6) is 2.48. The van der Waals surface area contributed by atoms with E-state index in [4.69, 9.17) is 9.72 Å². The summed E-state index contributed by atoms with van der Waals surface area (Å²) in [6, 6.07) is 13.8. The number of halogens is 1. The van der Waals surface area contributed by atoms with Gasteiger partial charge in [0.15, 0.2) is 0 Å². The fourth-order valence-electron chi connectivity index (χ4n) is 4.82. The van der Waals surface area contributed by atoms with Gasteiger partial charge >= 0.3 is 0 Å². The molecule has 2 saturated heterocycles. The lowest BCUT2D eigenvalue weighted by molar-refractivity contribution is 0.292. The van der Waals surface area contributed by atoms with Crippen molar-refractivity contribution in [2.45, 2.75) is 18.5 Å². The number of hydrogen-bond donors (Lipinski definition) is 1. The molecule has 4 aromatic rings. The number of thiazole rings is 1. The van der Waals surface area contributed by atoms with Gasteiger partial charge < -0.3 is 15.0 Å². The van der Waals surface area contributed by atoms with Gasteiger partial charge in [-0.2, -0.15) is 0 Å². The van der Waals surface area contributed by atoms with E-state index in [0.29, 0.717) is 34.2 Å². The Morgan fingerprint density at radius 1 is 1.09 bits per heavy atom. The minimum atomic E-state index is -0.359. The summed E-state index contributed by atoms with van der Waals surface area (Å²) >= 11 is 1.39. The van der Waals surface area contributed by atoms with Gasteiger partial charge in [0, 0.05) is 37.4 Å². The van der Waals surface area contributed by atoms with Crippen LogP contribution in [0.25, 0.3) is 20.8 Å². The summed E-state index contributed by atoms with van der Waals surface area (Å²) < 4.78 is 20.7. The molecule has 6 rings (SSSR count). The van der Waals surface area contributed by atoms with Crippen LogP contribution in [-0.2, 0) is 0 Å². The molecule has 0 aliphatic carbocycles. The zero-order chi connectivity index (χ0) is 22.5. The van der Waals surface area contributed by atoms with Crippen molar-refractivity contribution in [3.63, 3.8) is 0 Å². The number of methoxy groups -OCH3 is 1. The molecule has 0 radical (unpaired) electrons. The summed E-state index contributed by atoms with van der Waals surface area (Å²) in [5.41, 5.74) is 1.12. The van der Waals surface area contributed by atoms with Gasteiger partial charge in [0.1, 0.15) is 34.0 Å². The molecular formula is C24H23FN6OS. The van der Waals surface area contributed by atoms with Crippen LogP contribution in [0.2, 0.25) is 0 Å². The maximum Gasteiger partial charge on any atom is 0.137 e. The number of benzene rings is 1. The average Bonchev–Trinajstić information content (AvgIpc) is 3.52. The molecule has 2 fully saturated rings. The number of likely N-dealkylation sites (N-methyl/N-ethyl adjacent to an activating group) is 1. The van der Waals surface area contributed by atoms with E-state index in [1.165, 1.54) is 30.9 Å². The quantitative estimate of drug-likeness (QED) is 0.467. The minimum absolute atomic E-state index is 0.359. The lowest BCUT2D eigenvalue weighted by Gasteiger charge is -2.32. The molecule has 0 unspecified atom stereocenters. The Balaban J connectivity index is 1.27. The highest BCUT2D eigenvalue weighted by molar-refractivity contribution is 7.21. The molecule has 2 atom stereocenters. The minimum Gasteiger partial charge on any atom is -0.496 e. The summed E-state index contributed by atoms with van der Waals surface area (Å²) in [5, 5.41) is 3.87. The lowest BCUT2D eigenvalue weighted by Crippen LogP contribution is -2.44. The number of ether oxygens (including phenoxy) is 1. The van der Waals surface area contributed by atoms with E-state index in [9.17, 15) is 4.39 Å². The first-order valence-electron chi connectivity index (χ1n) is 10.9. The first-order valence-corrected chi connectivity index (χ1v) is 11.7. The standard InChI is InChI=1S/C24H23FN6OS/c1-30-12-15-9-14(30)13-31(15)22-8-4-7-20(29-22)28-21-10-17-19(11-26-21)33-24(27-17)23-16(25)5-3-6-18(23)32-2/h3-8,10-11,14-15H,9,12-13H2,1-2H3,(H,26,28,29)/t14-,15-/m0/s1. The van der Waals surface area contributed by atoms with Crippen molar-refractivity contribution in [2.24, 2.45) is 0 Å². The molecule has 1 aromatic carbocycles. The highest BCUT2D eigenvalue weighted by atomic mass is 32.1. The molecule has 33 heavy (non-hydrogen) atoms. The molecule has 2 aliphatic heterocycles. The van der Waals surface area contributed by atoms with Crippen LogP contribution in [-0.4, -0.2) is 59.2 Å². The molecule has 3 aromatic heterocycles. The number of likely N-dealkylation sites (tertiary alicyclic amines) is 1. The van der Waals surface area contributed by atoms with Gasteiger partial charge in [0.2, 0.25) is 0 Å². The lowest BCUT2D eigenvalue weighted by atomic mass is 10.2. The van der Waals surface area contributed by atoms with E-state index >= 15 is 0 Å². The largest absolute Gasteiger partial charge is 0.496 e. The topological polar surface area (TPSA) is 66.4 Å². The Bertz CT molecular complexity index is 1340. The van der Waals surface area contributed by atoms with Gasteiger partial charge in [-0.05, 0) is 37.7 Å². The number of rotatable bonds is 5. The van der Waals surface area contributed by atoms with E-state index in [1.54, 1.807) is 18.3 Å². The molecule has 2 bridgehead atoms. The number of hydrogen-bond acceptors (Lipinski definition) is 8. The van der Waals surface area contributed by atoms with Crippen LogP contribution in [0, 0.1) is 5.82 Å². The van der Waals surface area contributed by atoms with Gasteiger partial charge in [-0.15, -0.1) is 11.3 Å². The summed E-state index contributed by atoms with van der Waals surface area (Å²) in [6.45, 7) is 2.10. The fraction of sp³-hybridized carbons (Fsp3) is 0.292. The first-order chi connectivity index (χ1) is 16.1. The van der Waals surface area contributed by atoms with Crippen LogP contribution in [0.5, 0.6) is 5.75 Å². The third-order valence-electron chi connectivity index (χ3n) is 6.48. The number of nitrogens with one attached hydrogen (secondary N) is 1. The average molecular weight is 463 g/mol.